The van der Waals surface area contributed by atoms with Crippen molar-refractivity contribution in [2.24, 2.45) is 0 Å². The van der Waals surface area contributed by atoms with Crippen LogP contribution in [0.5, 0.6) is 0 Å². The van der Waals surface area contributed by atoms with Crippen LogP contribution in [0.2, 0.25) is 10.0 Å². The minimum Gasteiger partial charge on any atom is -0.358 e. The van der Waals surface area contributed by atoms with Crippen LogP contribution in [0.1, 0.15) is 43.0 Å². The predicted molar refractivity (Wildman–Crippen MR) is 115 cm³/mol. The van der Waals surface area contributed by atoms with Gasteiger partial charge in [-0.2, -0.15) is 0 Å². The second-order valence-corrected chi connectivity index (χ2v) is 7.85. The second-order valence-electron chi connectivity index (χ2n) is 6.98. The SMILES string of the molecule is C=CCC1OC(c2cccc(Cl)c2)C(c2ccc(Cl)cc2)N(C(C=O)CC)C1=O. The van der Waals surface area contributed by atoms with Crippen molar-refractivity contribution in [1.29, 1.82) is 0 Å². The minimum atomic E-state index is -0.714. The average Bonchev–Trinajstić information content (AvgIpc) is 2.72. The summed E-state index contributed by atoms with van der Waals surface area (Å²) in [5, 5.41) is 1.17. The van der Waals surface area contributed by atoms with Crippen molar-refractivity contribution in [2.45, 2.75) is 44.1 Å². The number of carbonyl (C=O) groups is 2. The van der Waals surface area contributed by atoms with Gasteiger partial charge in [0.25, 0.3) is 5.91 Å². The maximum atomic E-state index is 13.3. The Morgan fingerprint density at radius 2 is 1.86 bits per heavy atom. The molecule has 4 atom stereocenters. The molecule has 1 fully saturated rings. The molecule has 0 spiro atoms. The van der Waals surface area contributed by atoms with Gasteiger partial charge in [-0.25, -0.2) is 0 Å². The molecule has 0 radical (unpaired) electrons. The molecular weight excluding hydrogens is 409 g/mol. The van der Waals surface area contributed by atoms with Crippen molar-refractivity contribution in [3.05, 3.63) is 82.4 Å². The van der Waals surface area contributed by atoms with Gasteiger partial charge in [0.05, 0.1) is 12.1 Å². The number of hydrogen-bond acceptors (Lipinski definition) is 3. The summed E-state index contributed by atoms with van der Waals surface area (Å²) in [7, 11) is 0. The summed E-state index contributed by atoms with van der Waals surface area (Å²) in [6, 6.07) is 13.6. The van der Waals surface area contributed by atoms with E-state index in [-0.39, 0.29) is 5.91 Å². The number of aldehydes is 1. The van der Waals surface area contributed by atoms with Crippen LogP contribution in [0.4, 0.5) is 0 Å². The largest absolute Gasteiger partial charge is 0.358 e. The van der Waals surface area contributed by atoms with E-state index in [4.69, 9.17) is 27.9 Å². The number of rotatable bonds is 7. The fourth-order valence-corrected chi connectivity index (χ4v) is 4.06. The molecule has 2 aromatic carbocycles. The number of benzene rings is 2. The number of hydrogen-bond donors (Lipinski definition) is 0. The lowest BCUT2D eigenvalue weighted by atomic mass is 9.89. The van der Waals surface area contributed by atoms with Crippen molar-refractivity contribution >= 4 is 35.4 Å². The molecule has 1 aliphatic heterocycles. The maximum absolute atomic E-state index is 13.3. The Morgan fingerprint density at radius 3 is 2.45 bits per heavy atom. The number of amides is 1. The summed E-state index contributed by atoms with van der Waals surface area (Å²) in [5.41, 5.74) is 1.68. The molecule has 1 amide bonds. The number of morpholine rings is 1. The van der Waals surface area contributed by atoms with E-state index >= 15 is 0 Å². The smallest absolute Gasteiger partial charge is 0.253 e. The molecule has 29 heavy (non-hydrogen) atoms. The highest BCUT2D eigenvalue weighted by atomic mass is 35.5. The van der Waals surface area contributed by atoms with Gasteiger partial charge in [0.2, 0.25) is 0 Å². The lowest BCUT2D eigenvalue weighted by molar-refractivity contribution is -0.179. The number of ether oxygens (including phenoxy) is 1. The van der Waals surface area contributed by atoms with Gasteiger partial charge in [0.15, 0.2) is 0 Å². The van der Waals surface area contributed by atoms with Crippen molar-refractivity contribution in [1.82, 2.24) is 4.90 Å². The molecule has 1 heterocycles. The lowest BCUT2D eigenvalue weighted by Gasteiger charge is -2.46. The summed E-state index contributed by atoms with van der Waals surface area (Å²) < 4.78 is 6.28. The van der Waals surface area contributed by atoms with Gasteiger partial charge in [-0.1, -0.05) is 60.5 Å². The highest BCUT2D eigenvalue weighted by Gasteiger charge is 2.46. The summed E-state index contributed by atoms with van der Waals surface area (Å²) in [5.74, 6) is -0.220. The second kappa shape index (κ2) is 9.57. The predicted octanol–water partition coefficient (Wildman–Crippen LogP) is 5.56. The van der Waals surface area contributed by atoms with Crippen LogP contribution >= 0.6 is 23.2 Å². The third-order valence-corrected chi connectivity index (χ3v) is 5.62. The Balaban J connectivity index is 2.17. The van der Waals surface area contributed by atoms with Crippen LogP contribution in [0, 0.1) is 0 Å². The van der Waals surface area contributed by atoms with E-state index in [1.165, 1.54) is 0 Å². The molecule has 0 bridgehead atoms. The van der Waals surface area contributed by atoms with Crippen LogP contribution in [-0.2, 0) is 14.3 Å². The van der Waals surface area contributed by atoms with Gasteiger partial charge in [-0.15, -0.1) is 6.58 Å². The molecule has 152 valence electrons. The van der Waals surface area contributed by atoms with E-state index in [9.17, 15) is 9.59 Å². The van der Waals surface area contributed by atoms with Crippen molar-refractivity contribution in [2.75, 3.05) is 0 Å². The van der Waals surface area contributed by atoms with E-state index in [0.717, 1.165) is 17.4 Å². The fourth-order valence-electron chi connectivity index (χ4n) is 3.73. The van der Waals surface area contributed by atoms with E-state index in [1.807, 2.05) is 37.3 Å². The van der Waals surface area contributed by atoms with Crippen LogP contribution in [0.15, 0.2) is 61.2 Å². The van der Waals surface area contributed by atoms with Gasteiger partial charge in [-0.3, -0.25) is 4.79 Å². The zero-order chi connectivity index (χ0) is 21.0. The summed E-state index contributed by atoms with van der Waals surface area (Å²) in [4.78, 5) is 26.8. The van der Waals surface area contributed by atoms with Crippen molar-refractivity contribution < 1.29 is 14.3 Å². The maximum Gasteiger partial charge on any atom is 0.253 e. The molecule has 1 saturated heterocycles. The molecule has 6 heteroatoms. The number of halogens is 2. The molecule has 0 aliphatic carbocycles. The highest BCUT2D eigenvalue weighted by Crippen LogP contribution is 2.44. The minimum absolute atomic E-state index is 0.220. The first kappa shape index (κ1) is 21.6. The standard InChI is InChI=1S/C23H23Cl2NO3/c1-3-6-20-23(28)26(19(4-2)14-27)21(15-9-11-17(24)12-10-15)22(29-20)16-7-5-8-18(25)13-16/h3,5,7-14,19-22H,1,4,6H2,2H3. The molecule has 0 aromatic heterocycles. The Hall–Kier alpha value is -2.14. The molecule has 0 N–H and O–H groups in total. The van der Waals surface area contributed by atoms with Gasteiger partial charge < -0.3 is 14.4 Å². The highest BCUT2D eigenvalue weighted by molar-refractivity contribution is 6.30. The van der Waals surface area contributed by atoms with Crippen LogP contribution in [0.3, 0.4) is 0 Å². The summed E-state index contributed by atoms with van der Waals surface area (Å²) in [6.07, 6.45) is 2.13. The molecular formula is C23H23Cl2NO3. The van der Waals surface area contributed by atoms with Gasteiger partial charge in [0, 0.05) is 16.5 Å². The molecule has 4 unspecified atom stereocenters. The normalized spacial score (nSPS) is 22.9. The third-order valence-electron chi connectivity index (χ3n) is 5.13. The van der Waals surface area contributed by atoms with Crippen LogP contribution in [-0.4, -0.2) is 29.2 Å². The zero-order valence-corrected chi connectivity index (χ0v) is 17.6. The van der Waals surface area contributed by atoms with Gasteiger partial charge in [-0.05, 0) is 41.8 Å². The lowest BCUT2D eigenvalue weighted by Crippen LogP contribution is -2.55. The molecule has 4 nitrogen and oxygen atoms in total. The quantitative estimate of drug-likeness (QED) is 0.425. The Bertz CT molecular complexity index is 884. The number of carbonyl (C=O) groups excluding carboxylic acids is 2. The molecule has 1 aliphatic rings. The molecule has 3 rings (SSSR count). The first-order chi connectivity index (χ1) is 14.0. The van der Waals surface area contributed by atoms with E-state index in [2.05, 4.69) is 6.58 Å². The van der Waals surface area contributed by atoms with Crippen LogP contribution < -0.4 is 0 Å². The topological polar surface area (TPSA) is 46.6 Å². The van der Waals surface area contributed by atoms with E-state index in [1.54, 1.807) is 29.2 Å². The first-order valence-corrected chi connectivity index (χ1v) is 10.3. The van der Waals surface area contributed by atoms with Crippen molar-refractivity contribution in [3.8, 4) is 0 Å². The van der Waals surface area contributed by atoms with Gasteiger partial charge >= 0.3 is 0 Å². The van der Waals surface area contributed by atoms with Gasteiger partial charge in [0.1, 0.15) is 18.5 Å². The average molecular weight is 432 g/mol. The van der Waals surface area contributed by atoms with Crippen LogP contribution in [0.25, 0.3) is 0 Å². The third kappa shape index (κ3) is 4.55. The van der Waals surface area contributed by atoms with E-state index < -0.39 is 24.3 Å². The zero-order valence-electron chi connectivity index (χ0n) is 16.1. The molecule has 2 aromatic rings. The van der Waals surface area contributed by atoms with Crippen molar-refractivity contribution in [3.63, 3.8) is 0 Å². The van der Waals surface area contributed by atoms with E-state index in [0.29, 0.717) is 22.9 Å². The first-order valence-electron chi connectivity index (χ1n) is 9.54. The Labute approximate surface area is 181 Å². The number of nitrogens with zero attached hydrogens (tertiary/aromatic N) is 1. The summed E-state index contributed by atoms with van der Waals surface area (Å²) >= 11 is 12.3. The molecule has 0 saturated carbocycles. The fraction of sp³-hybridized carbons (Fsp3) is 0.304. The Morgan fingerprint density at radius 1 is 1.14 bits per heavy atom. The summed E-state index contributed by atoms with van der Waals surface area (Å²) in [6.45, 7) is 5.63. The monoisotopic (exact) mass is 431 g/mol. The Kier molecular flexibility index (Phi) is 7.12.